The largest absolute Gasteiger partial charge is 0.321 e. The Hall–Kier alpha value is -2.42. The van der Waals surface area contributed by atoms with E-state index in [1.165, 1.54) is 24.5 Å². The maximum atomic E-state index is 14.0. The molecule has 0 fully saturated rings. The van der Waals surface area contributed by atoms with Crippen LogP contribution in [0.4, 0.5) is 14.5 Å². The van der Waals surface area contributed by atoms with Crippen LogP contribution in [-0.2, 0) is 15.8 Å². The van der Waals surface area contributed by atoms with Crippen molar-refractivity contribution >= 4 is 21.4 Å². The minimum atomic E-state index is -3.90. The molecule has 1 amide bonds. The van der Waals surface area contributed by atoms with Gasteiger partial charge in [-0.2, -0.15) is 0 Å². The van der Waals surface area contributed by atoms with E-state index in [1.807, 2.05) is 0 Å². The van der Waals surface area contributed by atoms with Gasteiger partial charge in [-0.25, -0.2) is 27.2 Å². The molecule has 1 aromatic heterocycles. The molecular weight excluding hydrogens is 340 g/mol. The first kappa shape index (κ1) is 16.4. The number of rotatable bonds is 2. The van der Waals surface area contributed by atoms with E-state index in [0.29, 0.717) is 5.82 Å². The second-order valence-electron chi connectivity index (χ2n) is 5.43. The smallest absolute Gasteiger partial charge is 0.275 e. The van der Waals surface area contributed by atoms with Crippen molar-refractivity contribution in [1.29, 1.82) is 0 Å². The highest BCUT2D eigenvalue weighted by Crippen LogP contribution is 2.44. The van der Waals surface area contributed by atoms with Crippen LogP contribution in [0.5, 0.6) is 0 Å². The van der Waals surface area contributed by atoms with E-state index in [2.05, 4.69) is 15.3 Å². The topological polar surface area (TPSA) is 89.0 Å². The van der Waals surface area contributed by atoms with Crippen molar-refractivity contribution in [3.05, 3.63) is 47.5 Å². The number of sulfone groups is 1. The molecule has 1 N–H and O–H groups in total. The monoisotopic (exact) mass is 353 g/mol. The molecule has 3 rings (SSSR count). The molecular formula is C15H13F2N3O3S. The van der Waals surface area contributed by atoms with E-state index >= 15 is 0 Å². The van der Waals surface area contributed by atoms with Gasteiger partial charge in [0.15, 0.2) is 9.84 Å². The normalized spacial score (nSPS) is 17.8. The molecule has 1 aliphatic rings. The second-order valence-corrected chi connectivity index (χ2v) is 7.47. The predicted molar refractivity (Wildman–Crippen MR) is 81.7 cm³/mol. The molecule has 126 valence electrons. The number of carbonyl (C=O) groups excluding carboxylic acids is 1. The molecule has 2 heterocycles. The molecule has 0 atom stereocenters. The zero-order valence-electron chi connectivity index (χ0n) is 12.6. The third kappa shape index (κ3) is 2.86. The Bertz CT molecular complexity index is 912. The summed E-state index contributed by atoms with van der Waals surface area (Å²) in [6.07, 6.45) is 1.78. The molecule has 0 bridgehead atoms. The minimum absolute atomic E-state index is 0.0955. The van der Waals surface area contributed by atoms with Crippen LogP contribution in [0.3, 0.4) is 0 Å². The number of alkyl halides is 2. The molecule has 1 aromatic carbocycles. The van der Waals surface area contributed by atoms with Gasteiger partial charge in [0.05, 0.1) is 21.9 Å². The summed E-state index contributed by atoms with van der Waals surface area (Å²) in [7, 11) is -3.90. The number of nitrogens with one attached hydrogen (secondary N) is 1. The Morgan fingerprint density at radius 2 is 1.92 bits per heavy atom. The lowest BCUT2D eigenvalue weighted by Crippen LogP contribution is -2.29. The van der Waals surface area contributed by atoms with E-state index in [0.717, 1.165) is 6.07 Å². The first-order chi connectivity index (χ1) is 11.2. The van der Waals surface area contributed by atoms with E-state index in [4.69, 9.17) is 0 Å². The van der Waals surface area contributed by atoms with Gasteiger partial charge in [0.1, 0.15) is 5.82 Å². The maximum Gasteiger partial charge on any atom is 0.275 e. The Labute approximate surface area is 136 Å². The van der Waals surface area contributed by atoms with Crippen LogP contribution in [-0.4, -0.2) is 30.0 Å². The fourth-order valence-corrected chi connectivity index (χ4v) is 4.20. The van der Waals surface area contributed by atoms with Gasteiger partial charge in [-0.15, -0.1) is 0 Å². The van der Waals surface area contributed by atoms with Crippen LogP contribution in [0.2, 0.25) is 0 Å². The van der Waals surface area contributed by atoms with Gasteiger partial charge in [0.2, 0.25) is 0 Å². The Balaban J connectivity index is 2.04. The van der Waals surface area contributed by atoms with Crippen LogP contribution < -0.4 is 5.32 Å². The summed E-state index contributed by atoms with van der Waals surface area (Å²) in [5, 5.41) is 2.37. The van der Waals surface area contributed by atoms with Gasteiger partial charge >= 0.3 is 0 Å². The van der Waals surface area contributed by atoms with Crippen molar-refractivity contribution in [3.63, 3.8) is 0 Å². The second kappa shape index (κ2) is 5.59. The van der Waals surface area contributed by atoms with Gasteiger partial charge in [-0.05, 0) is 13.0 Å². The Morgan fingerprint density at radius 1 is 1.25 bits per heavy atom. The number of hydrogen-bond acceptors (Lipinski definition) is 5. The SMILES string of the molecule is Cc1ncc(C(=O)Nc2cccc3c2S(=O)(=O)CCC3(F)F)cn1. The summed E-state index contributed by atoms with van der Waals surface area (Å²) in [6.45, 7) is 1.64. The molecule has 9 heteroatoms. The summed E-state index contributed by atoms with van der Waals surface area (Å²) in [4.78, 5) is 19.4. The van der Waals surface area contributed by atoms with Crippen molar-refractivity contribution in [1.82, 2.24) is 9.97 Å². The van der Waals surface area contributed by atoms with Crippen LogP contribution in [0.15, 0.2) is 35.5 Å². The molecule has 2 aromatic rings. The molecule has 0 unspecified atom stereocenters. The van der Waals surface area contributed by atoms with Gasteiger partial charge in [-0.3, -0.25) is 4.79 Å². The van der Waals surface area contributed by atoms with Crippen LogP contribution in [0.25, 0.3) is 0 Å². The molecule has 0 radical (unpaired) electrons. The summed E-state index contributed by atoms with van der Waals surface area (Å²) >= 11 is 0. The average molecular weight is 353 g/mol. The number of benzene rings is 1. The highest BCUT2D eigenvalue weighted by molar-refractivity contribution is 7.91. The van der Waals surface area contributed by atoms with E-state index in [9.17, 15) is 22.0 Å². The van der Waals surface area contributed by atoms with Crippen molar-refractivity contribution in [3.8, 4) is 0 Å². The number of aryl methyl sites for hydroxylation is 1. The number of anilines is 1. The maximum absolute atomic E-state index is 14.0. The Morgan fingerprint density at radius 3 is 2.58 bits per heavy atom. The van der Waals surface area contributed by atoms with E-state index in [-0.39, 0.29) is 11.3 Å². The quantitative estimate of drug-likeness (QED) is 0.895. The minimum Gasteiger partial charge on any atom is -0.321 e. The summed E-state index contributed by atoms with van der Waals surface area (Å²) < 4.78 is 52.5. The molecule has 0 aliphatic carbocycles. The fourth-order valence-electron chi connectivity index (χ4n) is 2.46. The zero-order valence-corrected chi connectivity index (χ0v) is 13.4. The van der Waals surface area contributed by atoms with Crippen LogP contribution >= 0.6 is 0 Å². The molecule has 1 aliphatic heterocycles. The number of hydrogen-bond donors (Lipinski definition) is 1. The summed E-state index contributed by atoms with van der Waals surface area (Å²) in [5.41, 5.74) is -0.665. The first-order valence-corrected chi connectivity index (χ1v) is 8.70. The number of amides is 1. The fraction of sp³-hybridized carbons (Fsp3) is 0.267. The van der Waals surface area contributed by atoms with Gasteiger partial charge in [-0.1, -0.05) is 12.1 Å². The standard InChI is InChI=1S/C15H13F2N3O3S/c1-9-18-7-10(8-19-9)14(21)20-12-4-2-3-11-13(12)24(22,23)6-5-15(11,16)17/h2-4,7-8H,5-6H2,1H3,(H,20,21). The predicted octanol–water partition coefficient (Wildman–Crippen LogP) is 2.31. The number of fused-ring (bicyclic) bond motifs is 1. The van der Waals surface area contributed by atoms with E-state index < -0.39 is 44.3 Å². The number of aromatic nitrogens is 2. The van der Waals surface area contributed by atoms with Crippen LogP contribution in [0.1, 0.15) is 28.2 Å². The molecule has 0 saturated heterocycles. The van der Waals surface area contributed by atoms with Crippen molar-refractivity contribution in [2.45, 2.75) is 24.2 Å². The summed E-state index contributed by atoms with van der Waals surface area (Å²) in [6, 6.07) is 3.64. The third-order valence-electron chi connectivity index (χ3n) is 3.70. The molecule has 0 spiro atoms. The lowest BCUT2D eigenvalue weighted by atomic mass is 10.0. The van der Waals surface area contributed by atoms with E-state index in [1.54, 1.807) is 6.92 Å². The highest BCUT2D eigenvalue weighted by atomic mass is 32.2. The number of halogens is 2. The number of nitrogens with zero attached hydrogens (tertiary/aromatic N) is 2. The van der Waals surface area contributed by atoms with Crippen LogP contribution in [0, 0.1) is 6.92 Å². The van der Waals surface area contributed by atoms with Crippen molar-refractivity contribution in [2.24, 2.45) is 0 Å². The van der Waals surface area contributed by atoms with Gasteiger partial charge < -0.3 is 5.32 Å². The third-order valence-corrected chi connectivity index (χ3v) is 5.50. The lowest BCUT2D eigenvalue weighted by Gasteiger charge is -2.26. The average Bonchev–Trinajstić information content (AvgIpc) is 2.52. The first-order valence-electron chi connectivity index (χ1n) is 7.05. The zero-order chi connectivity index (χ0) is 17.5. The van der Waals surface area contributed by atoms with Gasteiger partial charge in [0.25, 0.3) is 11.8 Å². The number of carbonyl (C=O) groups is 1. The van der Waals surface area contributed by atoms with Crippen molar-refractivity contribution in [2.75, 3.05) is 11.1 Å². The molecule has 6 nitrogen and oxygen atoms in total. The highest BCUT2D eigenvalue weighted by Gasteiger charge is 2.44. The Kier molecular flexibility index (Phi) is 3.83. The molecule has 0 saturated carbocycles. The lowest BCUT2D eigenvalue weighted by molar-refractivity contribution is -0.0126. The molecule has 24 heavy (non-hydrogen) atoms. The van der Waals surface area contributed by atoms with Crippen molar-refractivity contribution < 1.29 is 22.0 Å². The van der Waals surface area contributed by atoms with Gasteiger partial charge in [0, 0.05) is 24.4 Å². The summed E-state index contributed by atoms with van der Waals surface area (Å²) in [5.74, 6) is -4.14.